The van der Waals surface area contributed by atoms with E-state index < -0.39 is 0 Å². The van der Waals surface area contributed by atoms with Crippen molar-refractivity contribution < 1.29 is 4.42 Å². The lowest BCUT2D eigenvalue weighted by molar-refractivity contribution is 0.453. The third-order valence-electron chi connectivity index (χ3n) is 2.14. The molecule has 0 aliphatic carbocycles. The molecule has 2 heterocycles. The molecule has 0 bridgehead atoms. The summed E-state index contributed by atoms with van der Waals surface area (Å²) in [5, 5.41) is 4.93. The Morgan fingerprint density at radius 3 is 2.94 bits per heavy atom. The molecule has 0 atom stereocenters. The molecule has 1 N–H and O–H groups in total. The monoisotopic (exact) mass is 249 g/mol. The number of hydrogen-bond donors (Lipinski definition) is 1. The molecule has 17 heavy (non-hydrogen) atoms. The van der Waals surface area contributed by atoms with Crippen molar-refractivity contribution in [3.63, 3.8) is 0 Å². The molecule has 0 radical (unpaired) electrons. The van der Waals surface area contributed by atoms with Gasteiger partial charge in [-0.15, -0.1) is 0 Å². The second-order valence-electron chi connectivity index (χ2n) is 3.90. The second kappa shape index (κ2) is 5.84. The maximum absolute atomic E-state index is 5.21. The summed E-state index contributed by atoms with van der Waals surface area (Å²) in [4.78, 5) is 8.44. The SMILES string of the molecule is CC(C)NCc1cccnc1Sc1ncco1. The van der Waals surface area contributed by atoms with Gasteiger partial charge in [-0.3, -0.25) is 0 Å². The number of aromatic nitrogens is 2. The average molecular weight is 249 g/mol. The van der Waals surface area contributed by atoms with Gasteiger partial charge in [0.05, 0.1) is 6.20 Å². The summed E-state index contributed by atoms with van der Waals surface area (Å²) < 4.78 is 5.21. The van der Waals surface area contributed by atoms with E-state index in [0.717, 1.165) is 17.1 Å². The van der Waals surface area contributed by atoms with E-state index in [9.17, 15) is 0 Å². The molecule has 0 saturated carbocycles. The van der Waals surface area contributed by atoms with Crippen molar-refractivity contribution in [1.82, 2.24) is 15.3 Å². The molecule has 0 aliphatic rings. The molecule has 90 valence electrons. The molecule has 0 amide bonds. The molecule has 5 heteroatoms. The van der Waals surface area contributed by atoms with Crippen molar-refractivity contribution >= 4 is 11.8 Å². The van der Waals surface area contributed by atoms with E-state index in [4.69, 9.17) is 4.42 Å². The fourth-order valence-corrected chi connectivity index (χ4v) is 2.08. The van der Waals surface area contributed by atoms with Crippen LogP contribution >= 0.6 is 11.8 Å². The van der Waals surface area contributed by atoms with Gasteiger partial charge in [0.25, 0.3) is 5.22 Å². The van der Waals surface area contributed by atoms with Crippen LogP contribution in [-0.2, 0) is 6.54 Å². The smallest absolute Gasteiger partial charge is 0.261 e. The molecule has 0 aliphatic heterocycles. The maximum atomic E-state index is 5.21. The molecule has 2 aromatic heterocycles. The van der Waals surface area contributed by atoms with Crippen LogP contribution < -0.4 is 5.32 Å². The zero-order valence-electron chi connectivity index (χ0n) is 9.88. The normalized spacial score (nSPS) is 11.0. The predicted molar refractivity (Wildman–Crippen MR) is 66.8 cm³/mol. The Kier molecular flexibility index (Phi) is 4.17. The second-order valence-corrected chi connectivity index (χ2v) is 4.84. The fraction of sp³-hybridized carbons (Fsp3) is 0.333. The molecule has 0 saturated heterocycles. The van der Waals surface area contributed by atoms with Gasteiger partial charge >= 0.3 is 0 Å². The van der Waals surface area contributed by atoms with Crippen LogP contribution in [0.25, 0.3) is 0 Å². The van der Waals surface area contributed by atoms with Gasteiger partial charge < -0.3 is 9.73 Å². The fourth-order valence-electron chi connectivity index (χ4n) is 1.31. The summed E-state index contributed by atoms with van der Waals surface area (Å²) in [6.45, 7) is 5.04. The highest BCUT2D eigenvalue weighted by atomic mass is 32.2. The number of oxazole rings is 1. The van der Waals surface area contributed by atoms with Crippen LogP contribution in [0.15, 0.2) is 45.5 Å². The minimum Gasteiger partial charge on any atom is -0.440 e. The van der Waals surface area contributed by atoms with Crippen molar-refractivity contribution in [2.45, 2.75) is 36.7 Å². The molecule has 0 spiro atoms. The maximum Gasteiger partial charge on any atom is 0.261 e. The van der Waals surface area contributed by atoms with E-state index in [1.807, 2.05) is 6.07 Å². The van der Waals surface area contributed by atoms with E-state index in [0.29, 0.717) is 11.3 Å². The predicted octanol–water partition coefficient (Wildman–Crippen LogP) is 2.72. The molecule has 2 rings (SSSR count). The highest BCUT2D eigenvalue weighted by molar-refractivity contribution is 7.99. The van der Waals surface area contributed by atoms with Crippen molar-refractivity contribution in [3.05, 3.63) is 36.4 Å². The van der Waals surface area contributed by atoms with Gasteiger partial charge in [-0.1, -0.05) is 19.9 Å². The van der Waals surface area contributed by atoms with Crippen molar-refractivity contribution in [3.8, 4) is 0 Å². The van der Waals surface area contributed by atoms with Crippen molar-refractivity contribution in [2.24, 2.45) is 0 Å². The van der Waals surface area contributed by atoms with Crippen LogP contribution in [-0.4, -0.2) is 16.0 Å². The summed E-state index contributed by atoms with van der Waals surface area (Å²) in [7, 11) is 0. The van der Waals surface area contributed by atoms with Crippen LogP contribution in [0.2, 0.25) is 0 Å². The Morgan fingerprint density at radius 2 is 2.24 bits per heavy atom. The summed E-state index contributed by atoms with van der Waals surface area (Å²) in [5.74, 6) is 0. The minimum absolute atomic E-state index is 0.454. The summed E-state index contributed by atoms with van der Waals surface area (Å²) >= 11 is 1.44. The first-order valence-electron chi connectivity index (χ1n) is 5.50. The number of nitrogens with one attached hydrogen (secondary N) is 1. The first-order valence-corrected chi connectivity index (χ1v) is 6.32. The van der Waals surface area contributed by atoms with Crippen LogP contribution in [0.4, 0.5) is 0 Å². The largest absolute Gasteiger partial charge is 0.440 e. The minimum atomic E-state index is 0.454. The summed E-state index contributed by atoms with van der Waals surface area (Å²) in [5.41, 5.74) is 1.16. The Morgan fingerprint density at radius 1 is 1.35 bits per heavy atom. The lowest BCUT2D eigenvalue weighted by Crippen LogP contribution is -2.22. The van der Waals surface area contributed by atoms with E-state index >= 15 is 0 Å². The Balaban J connectivity index is 2.10. The Hall–Kier alpha value is -1.33. The number of rotatable bonds is 5. The van der Waals surface area contributed by atoms with Crippen LogP contribution in [0.1, 0.15) is 19.4 Å². The molecule has 0 fully saturated rings. The summed E-state index contributed by atoms with van der Waals surface area (Å²) in [6.07, 6.45) is 4.98. The first kappa shape index (κ1) is 12.1. The van der Waals surface area contributed by atoms with Gasteiger partial charge in [-0.25, -0.2) is 9.97 Å². The third kappa shape index (κ3) is 3.57. The lowest BCUT2D eigenvalue weighted by Gasteiger charge is -2.10. The molecular weight excluding hydrogens is 234 g/mol. The van der Waals surface area contributed by atoms with Gasteiger partial charge in [-0.05, 0) is 23.4 Å². The number of pyridine rings is 1. The highest BCUT2D eigenvalue weighted by Gasteiger charge is 2.08. The zero-order valence-corrected chi connectivity index (χ0v) is 10.7. The van der Waals surface area contributed by atoms with Crippen molar-refractivity contribution in [2.75, 3.05) is 0 Å². The topological polar surface area (TPSA) is 51.0 Å². The van der Waals surface area contributed by atoms with E-state index in [1.165, 1.54) is 11.8 Å². The molecule has 0 aromatic carbocycles. The van der Waals surface area contributed by atoms with E-state index in [-0.39, 0.29) is 0 Å². The quantitative estimate of drug-likeness (QED) is 0.883. The Labute approximate surface area is 105 Å². The molecule has 0 unspecified atom stereocenters. The highest BCUT2D eigenvalue weighted by Crippen LogP contribution is 2.26. The standard InChI is InChI=1S/C12H15N3OS/c1-9(2)15-8-10-4-3-5-13-11(10)17-12-14-6-7-16-12/h3-7,9,15H,8H2,1-2H3. The van der Waals surface area contributed by atoms with Crippen LogP contribution in [0.5, 0.6) is 0 Å². The van der Waals surface area contributed by atoms with Crippen LogP contribution in [0, 0.1) is 0 Å². The van der Waals surface area contributed by atoms with Gasteiger partial charge in [0.15, 0.2) is 0 Å². The van der Waals surface area contributed by atoms with Crippen molar-refractivity contribution in [1.29, 1.82) is 0 Å². The van der Waals surface area contributed by atoms with E-state index in [2.05, 4.69) is 35.2 Å². The Bertz CT molecular complexity index is 457. The van der Waals surface area contributed by atoms with E-state index in [1.54, 1.807) is 18.7 Å². The first-order chi connectivity index (χ1) is 8.25. The molecule has 2 aromatic rings. The van der Waals surface area contributed by atoms with Gasteiger partial charge in [-0.2, -0.15) is 0 Å². The summed E-state index contributed by atoms with van der Waals surface area (Å²) in [6, 6.07) is 4.46. The van der Waals surface area contributed by atoms with Gasteiger partial charge in [0.2, 0.25) is 0 Å². The number of hydrogen-bond acceptors (Lipinski definition) is 5. The van der Waals surface area contributed by atoms with Gasteiger partial charge in [0, 0.05) is 18.8 Å². The van der Waals surface area contributed by atoms with Gasteiger partial charge in [0.1, 0.15) is 11.3 Å². The molecular formula is C12H15N3OS. The van der Waals surface area contributed by atoms with Crippen LogP contribution in [0.3, 0.4) is 0 Å². The third-order valence-corrected chi connectivity index (χ3v) is 3.08. The average Bonchev–Trinajstić information content (AvgIpc) is 2.80. The number of nitrogens with zero attached hydrogens (tertiary/aromatic N) is 2. The zero-order chi connectivity index (χ0) is 12.1. The molecule has 4 nitrogen and oxygen atoms in total. The lowest BCUT2D eigenvalue weighted by atomic mass is 10.2.